The van der Waals surface area contributed by atoms with Crippen LogP contribution in [-0.4, -0.2) is 18.1 Å². The van der Waals surface area contributed by atoms with Crippen LogP contribution in [0.15, 0.2) is 561 Å². The van der Waals surface area contributed by atoms with Crippen LogP contribution < -0.4 is 14.7 Å². The Morgan fingerprint density at radius 3 is 0.973 bits per heavy atom. The van der Waals surface area contributed by atoms with Crippen molar-refractivity contribution in [3.05, 3.63) is 552 Å². The first-order valence-electron chi connectivity index (χ1n) is 50.2. The fourth-order valence-electron chi connectivity index (χ4n) is 22.7. The van der Waals surface area contributed by atoms with Gasteiger partial charge in [0.1, 0.15) is 22.3 Å². The summed E-state index contributed by atoms with van der Waals surface area (Å²) in [5.41, 5.74) is 37.2. The maximum atomic E-state index is 6.37. The first-order valence-corrected chi connectivity index (χ1v) is 50.2. The number of rotatable bonds is 16. The van der Waals surface area contributed by atoms with Gasteiger partial charge in [-0.3, -0.25) is 0 Å². The van der Waals surface area contributed by atoms with Gasteiger partial charge in [-0.15, -0.1) is 0 Å². The van der Waals surface area contributed by atoms with Crippen LogP contribution in [0.5, 0.6) is 0 Å². The molecule has 0 atom stereocenters. The van der Waals surface area contributed by atoms with Crippen LogP contribution in [-0.2, 0) is 0 Å². The Morgan fingerprint density at radius 1 is 0.136 bits per heavy atom. The van der Waals surface area contributed by atoms with Crippen LogP contribution >= 0.6 is 0 Å². The van der Waals surface area contributed by atoms with Crippen molar-refractivity contribution in [2.75, 3.05) is 14.7 Å². The Labute approximate surface area is 847 Å². The van der Waals surface area contributed by atoms with Crippen molar-refractivity contribution in [3.63, 3.8) is 0 Å². The molecule has 690 valence electrons. The summed E-state index contributed by atoms with van der Waals surface area (Å²) in [5.74, 6) is 0. The third-order valence-electron chi connectivity index (χ3n) is 29.4. The van der Waals surface area contributed by atoms with Gasteiger partial charge in [0, 0.05) is 144 Å². The van der Waals surface area contributed by atoms with Crippen molar-refractivity contribution in [2.24, 2.45) is 0 Å². The molecule has 7 heterocycles. The van der Waals surface area contributed by atoms with E-state index in [1.807, 2.05) is 24.3 Å². The molecule has 7 aromatic heterocycles. The number of hydrogen-bond acceptors (Lipinski definition) is 5. The molecule has 0 aliphatic heterocycles. The van der Waals surface area contributed by atoms with Crippen molar-refractivity contribution in [3.8, 4) is 61.6 Å². The highest BCUT2D eigenvalue weighted by Gasteiger charge is 2.28. The van der Waals surface area contributed by atoms with Gasteiger partial charge in [0.15, 0.2) is 0 Å². The van der Waals surface area contributed by atoms with E-state index in [2.05, 4.69) is 561 Å². The summed E-state index contributed by atoms with van der Waals surface area (Å²) in [6, 6.07) is 198. The molecule has 9 nitrogen and oxygen atoms in total. The summed E-state index contributed by atoms with van der Waals surface area (Å²) in [6.45, 7) is 0. The summed E-state index contributed by atoms with van der Waals surface area (Å²) in [7, 11) is 0. The summed E-state index contributed by atoms with van der Waals surface area (Å²) >= 11 is 0. The molecule has 0 saturated carbocycles. The molecule has 9 heteroatoms. The zero-order chi connectivity index (χ0) is 96.9. The summed E-state index contributed by atoms with van der Waals surface area (Å²) in [6.07, 6.45) is 0. The Hall–Kier alpha value is -19.7. The minimum absolute atomic E-state index is 0.859. The number of aromatic nitrogens is 4. The summed E-state index contributed by atoms with van der Waals surface area (Å²) in [5, 5.41) is 17.1. The number of nitrogens with zero attached hydrogens (tertiary/aromatic N) is 7. The van der Waals surface area contributed by atoms with E-state index in [4.69, 9.17) is 8.83 Å². The lowest BCUT2D eigenvalue weighted by atomic mass is 10.0. The average Bonchev–Trinajstić information content (AvgIpc) is 1.52. The zero-order valence-electron chi connectivity index (χ0n) is 80.0. The van der Waals surface area contributed by atoms with E-state index in [0.29, 0.717) is 0 Å². The van der Waals surface area contributed by atoms with E-state index in [9.17, 15) is 0 Å². The van der Waals surface area contributed by atoms with E-state index in [1.165, 1.54) is 143 Å². The second-order valence-corrected chi connectivity index (χ2v) is 37.8. The van der Waals surface area contributed by atoms with Gasteiger partial charge in [-0.1, -0.05) is 346 Å². The van der Waals surface area contributed by atoms with E-state index in [1.54, 1.807) is 0 Å². The lowest BCUT2D eigenvalue weighted by Gasteiger charge is -2.26. The SMILES string of the molecule is c1ccc(-c2ccc(N(c3ccc(-c4ccccc4)cc3)c3ccc(-c4cccc(-n5c6ccccc6c6ccccc65)c4)cc3)cc2)cc1.c1ccc(-c2ccc(N(c3ccccc3)c3cccc(-n4c5cccc6c7ccccc7n7c8ccccc8c8ccc4c(c65)c87)c3)cc2)cc1.c1ccc(-n2c3ccccc3c3ccc(N(c4ccc5c(c4)oc4ccccc45)c4ccc5oc6ccccc6c5c4)cc32)cc1. The number of furan rings is 2. The summed E-state index contributed by atoms with van der Waals surface area (Å²) < 4.78 is 22.3. The predicted octanol–water partition coefficient (Wildman–Crippen LogP) is 38.4. The van der Waals surface area contributed by atoms with Crippen molar-refractivity contribution in [1.29, 1.82) is 0 Å². The third-order valence-corrected chi connectivity index (χ3v) is 29.4. The molecular formula is C138H91N7O2. The second-order valence-electron chi connectivity index (χ2n) is 37.8. The molecule has 147 heavy (non-hydrogen) atoms. The number of anilines is 9. The van der Waals surface area contributed by atoms with Gasteiger partial charge in [-0.25, -0.2) is 0 Å². The molecule has 0 bridgehead atoms. The van der Waals surface area contributed by atoms with Crippen LogP contribution in [0.4, 0.5) is 51.2 Å². The van der Waals surface area contributed by atoms with Crippen LogP contribution in [0.3, 0.4) is 0 Å². The molecular weight excluding hydrogens is 1790 g/mol. The fourth-order valence-corrected chi connectivity index (χ4v) is 22.7. The van der Waals surface area contributed by atoms with Gasteiger partial charge < -0.3 is 41.6 Å². The van der Waals surface area contributed by atoms with Crippen LogP contribution in [0.2, 0.25) is 0 Å². The van der Waals surface area contributed by atoms with Crippen LogP contribution in [0.25, 0.3) is 209 Å². The molecule has 0 spiro atoms. The van der Waals surface area contributed by atoms with Gasteiger partial charge in [0.2, 0.25) is 0 Å². The highest BCUT2D eigenvalue weighted by Crippen LogP contribution is 2.50. The molecule has 30 rings (SSSR count). The maximum absolute atomic E-state index is 6.37. The standard InChI is InChI=1S/C48H31N3.C48H34N2.C42H26N2O2/c1-3-13-32(14-4-1)33-25-27-35(28-26-33)49(34-15-5-2-6-16-34)36-17-11-18-37(31-36)50-44-24-12-21-40-38-19-7-9-22-42(38)51-43-23-10-8-20-39(43)41-29-30-45(50)47(46(40)44)48(41)51;1-3-12-35(13-4-1)37-22-28-41(29-23-37)49(42-30-24-38(25-31-42)36-14-5-2-6-15-36)43-32-26-39(27-33-43)40-16-11-17-44(34-40)50-47-20-9-7-18-45(47)46-19-8-10-21-48(46)50;1-2-10-27(11-3-1)44-37-15-7-4-12-31(37)32-21-18-29(25-38(32)44)43(28-20-23-41-36(24-28)34-14-6-9-17-40(34)45-41)30-19-22-35-33-13-5-8-16-39(33)46-42(35)26-30/h1-31H;1-34H;1-26H. The van der Waals surface area contributed by atoms with Crippen molar-refractivity contribution in [1.82, 2.24) is 18.1 Å². The number of para-hydroxylation sites is 9. The van der Waals surface area contributed by atoms with Gasteiger partial charge in [0.05, 0.1) is 49.7 Å². The van der Waals surface area contributed by atoms with E-state index in [-0.39, 0.29) is 0 Å². The Bertz CT molecular complexity index is 10100. The minimum atomic E-state index is 0.859. The number of benzene rings is 23. The Kier molecular flexibility index (Phi) is 20.8. The lowest BCUT2D eigenvalue weighted by Crippen LogP contribution is -2.10. The monoisotopic (exact) mass is 1880 g/mol. The first-order chi connectivity index (χ1) is 72.9. The van der Waals surface area contributed by atoms with E-state index >= 15 is 0 Å². The molecule has 0 radical (unpaired) electrons. The van der Waals surface area contributed by atoms with E-state index in [0.717, 1.165) is 118 Å². The number of hydrogen-bond donors (Lipinski definition) is 0. The van der Waals surface area contributed by atoms with Gasteiger partial charge in [0.25, 0.3) is 0 Å². The highest BCUT2D eigenvalue weighted by molar-refractivity contribution is 6.33. The van der Waals surface area contributed by atoms with Crippen molar-refractivity contribution in [2.45, 2.75) is 0 Å². The minimum Gasteiger partial charge on any atom is -0.456 e. The number of fused-ring (bicyclic) bond motifs is 18. The quantitative estimate of drug-likeness (QED) is 0.0965. The topological polar surface area (TPSA) is 55.2 Å². The van der Waals surface area contributed by atoms with Crippen molar-refractivity contribution >= 4 is 199 Å². The average molecular weight is 1880 g/mol. The molecule has 0 amide bonds. The summed E-state index contributed by atoms with van der Waals surface area (Å²) in [4.78, 5) is 7.01. The molecule has 0 aliphatic carbocycles. The van der Waals surface area contributed by atoms with E-state index < -0.39 is 0 Å². The normalized spacial score (nSPS) is 11.7. The van der Waals surface area contributed by atoms with Gasteiger partial charge in [-0.2, -0.15) is 0 Å². The molecule has 0 aliphatic rings. The van der Waals surface area contributed by atoms with Crippen LogP contribution in [0, 0.1) is 0 Å². The van der Waals surface area contributed by atoms with Crippen LogP contribution in [0.1, 0.15) is 0 Å². The fraction of sp³-hybridized carbons (Fsp3) is 0. The van der Waals surface area contributed by atoms with Crippen molar-refractivity contribution < 1.29 is 8.83 Å². The molecule has 0 saturated heterocycles. The lowest BCUT2D eigenvalue weighted by molar-refractivity contribution is 0.668. The molecule has 30 aromatic rings. The Morgan fingerprint density at radius 2 is 0.429 bits per heavy atom. The zero-order valence-corrected chi connectivity index (χ0v) is 80.0. The van der Waals surface area contributed by atoms with Gasteiger partial charge >= 0.3 is 0 Å². The smallest absolute Gasteiger partial charge is 0.137 e. The second kappa shape index (κ2) is 35.8. The molecule has 0 N–H and O–H groups in total. The highest BCUT2D eigenvalue weighted by atomic mass is 16.3. The molecule has 0 unspecified atom stereocenters. The molecule has 0 fully saturated rings. The first kappa shape index (κ1) is 85.3. The van der Waals surface area contributed by atoms with Gasteiger partial charge in [-0.05, 0) is 250 Å². The Balaban J connectivity index is 0.000000107. The molecule has 23 aromatic carbocycles. The third kappa shape index (κ3) is 14.8. The maximum Gasteiger partial charge on any atom is 0.137 e. The largest absolute Gasteiger partial charge is 0.456 e. The predicted molar refractivity (Wildman–Crippen MR) is 617 cm³/mol.